The normalized spacial score (nSPS) is 17.4. The van der Waals surface area contributed by atoms with E-state index in [9.17, 15) is 9.59 Å². The predicted octanol–water partition coefficient (Wildman–Crippen LogP) is 4.92. The molecule has 2 fully saturated rings. The van der Waals surface area contributed by atoms with Crippen molar-refractivity contribution in [2.75, 3.05) is 52.4 Å². The zero-order chi connectivity index (χ0) is 25.9. The van der Waals surface area contributed by atoms with Crippen LogP contribution in [0, 0.1) is 0 Å². The molecule has 0 saturated carbocycles. The van der Waals surface area contributed by atoms with Gasteiger partial charge in [0.05, 0.1) is 0 Å². The van der Waals surface area contributed by atoms with Crippen molar-refractivity contribution in [3.8, 4) is 22.3 Å². The third kappa shape index (κ3) is 5.07. The highest BCUT2D eigenvalue weighted by Gasteiger charge is 2.25. The molecule has 0 atom stereocenters. The van der Waals surface area contributed by atoms with E-state index in [0.29, 0.717) is 24.2 Å². The van der Waals surface area contributed by atoms with Crippen molar-refractivity contribution < 1.29 is 9.59 Å². The highest BCUT2D eigenvalue weighted by molar-refractivity contribution is 6.20. The first-order valence-corrected chi connectivity index (χ1v) is 14.4. The number of carbonyl (C=O) groups excluding carboxylic acids is 2. The van der Waals surface area contributed by atoms with Gasteiger partial charge in [-0.1, -0.05) is 43.2 Å². The second kappa shape index (κ2) is 11.3. The zero-order valence-corrected chi connectivity index (χ0v) is 22.2. The van der Waals surface area contributed by atoms with Crippen LogP contribution in [0.25, 0.3) is 33.0 Å². The summed E-state index contributed by atoms with van der Waals surface area (Å²) in [6, 6.07) is 16.2. The number of nitrogens with one attached hydrogen (secondary N) is 2. The molecule has 2 saturated heterocycles. The summed E-state index contributed by atoms with van der Waals surface area (Å²) < 4.78 is 0. The smallest absolute Gasteiger partial charge is 0.251 e. The van der Waals surface area contributed by atoms with E-state index < -0.39 is 0 Å². The van der Waals surface area contributed by atoms with Gasteiger partial charge in [0.2, 0.25) is 0 Å². The molecule has 2 amide bonds. The van der Waals surface area contributed by atoms with Gasteiger partial charge in [-0.25, -0.2) is 0 Å². The predicted molar refractivity (Wildman–Crippen MR) is 154 cm³/mol. The minimum Gasteiger partial charge on any atom is -0.351 e. The number of hydrogen-bond acceptors (Lipinski definition) is 4. The van der Waals surface area contributed by atoms with Gasteiger partial charge in [0.1, 0.15) is 0 Å². The van der Waals surface area contributed by atoms with E-state index in [1.807, 2.05) is 30.3 Å². The lowest BCUT2D eigenvalue weighted by atomic mass is 9.98. The zero-order valence-electron chi connectivity index (χ0n) is 22.2. The molecule has 3 aromatic rings. The van der Waals surface area contributed by atoms with Crippen LogP contribution in [0.15, 0.2) is 48.5 Å². The van der Waals surface area contributed by atoms with Crippen molar-refractivity contribution in [2.24, 2.45) is 0 Å². The maximum absolute atomic E-state index is 13.2. The van der Waals surface area contributed by atoms with Crippen molar-refractivity contribution in [3.63, 3.8) is 0 Å². The average Bonchev–Trinajstić information content (AvgIpc) is 3.29. The van der Waals surface area contributed by atoms with Crippen LogP contribution in [0.4, 0.5) is 0 Å². The highest BCUT2D eigenvalue weighted by atomic mass is 16.2. The molecule has 38 heavy (non-hydrogen) atoms. The van der Waals surface area contributed by atoms with Crippen LogP contribution in [-0.4, -0.2) is 74.0 Å². The number of fused-ring (bicyclic) bond motifs is 3. The Kier molecular flexibility index (Phi) is 7.43. The second-order valence-electron chi connectivity index (χ2n) is 11.0. The average molecular weight is 511 g/mol. The van der Waals surface area contributed by atoms with Crippen LogP contribution >= 0.6 is 0 Å². The number of likely N-dealkylation sites (tertiary alicyclic amines) is 2. The van der Waals surface area contributed by atoms with Crippen LogP contribution < -0.4 is 10.6 Å². The summed E-state index contributed by atoms with van der Waals surface area (Å²) in [6.45, 7) is 7.68. The molecular weight excluding hydrogens is 472 g/mol. The van der Waals surface area contributed by atoms with Gasteiger partial charge in [0.25, 0.3) is 11.8 Å². The van der Waals surface area contributed by atoms with Gasteiger partial charge in [0.15, 0.2) is 0 Å². The van der Waals surface area contributed by atoms with E-state index in [4.69, 9.17) is 0 Å². The third-order valence-electron chi connectivity index (χ3n) is 8.47. The van der Waals surface area contributed by atoms with E-state index in [0.717, 1.165) is 72.3 Å². The maximum Gasteiger partial charge on any atom is 0.251 e. The van der Waals surface area contributed by atoms with Crippen molar-refractivity contribution in [1.29, 1.82) is 0 Å². The van der Waals surface area contributed by atoms with Gasteiger partial charge in [-0.15, -0.1) is 0 Å². The van der Waals surface area contributed by atoms with Crippen LogP contribution in [-0.2, 0) is 0 Å². The lowest BCUT2D eigenvalue weighted by molar-refractivity contribution is 0.0939. The summed E-state index contributed by atoms with van der Waals surface area (Å²) in [6.07, 6.45) is 7.66. The Labute approximate surface area is 225 Å². The number of rotatable bonds is 8. The SMILES string of the molecule is O=C(NCCN1CCCCC1)c1ccc2c(c1)-c1ccc(C(=O)NCCN3CCCCC3)c3cccc-2c13. The molecule has 3 aliphatic rings. The van der Waals surface area contributed by atoms with Crippen molar-refractivity contribution in [1.82, 2.24) is 20.4 Å². The summed E-state index contributed by atoms with van der Waals surface area (Å²) in [5.74, 6) is -0.0443. The van der Waals surface area contributed by atoms with E-state index in [-0.39, 0.29) is 11.8 Å². The molecule has 6 heteroatoms. The molecule has 1 aliphatic carbocycles. The summed E-state index contributed by atoms with van der Waals surface area (Å²) >= 11 is 0. The highest BCUT2D eigenvalue weighted by Crippen LogP contribution is 2.48. The minimum atomic E-state index is -0.0262. The van der Waals surface area contributed by atoms with E-state index in [2.05, 4.69) is 38.6 Å². The number of amides is 2. The fraction of sp³-hybridized carbons (Fsp3) is 0.438. The second-order valence-corrected chi connectivity index (χ2v) is 11.0. The fourth-order valence-electron chi connectivity index (χ4n) is 6.42. The monoisotopic (exact) mass is 510 g/mol. The van der Waals surface area contributed by atoms with Crippen LogP contribution in [0.2, 0.25) is 0 Å². The molecule has 2 N–H and O–H groups in total. The molecule has 0 spiro atoms. The van der Waals surface area contributed by atoms with Gasteiger partial charge in [0, 0.05) is 37.3 Å². The molecule has 198 valence electrons. The van der Waals surface area contributed by atoms with Gasteiger partial charge in [-0.2, -0.15) is 0 Å². The summed E-state index contributed by atoms with van der Waals surface area (Å²) in [7, 11) is 0. The molecule has 0 bridgehead atoms. The number of nitrogens with zero attached hydrogens (tertiary/aromatic N) is 2. The largest absolute Gasteiger partial charge is 0.351 e. The van der Waals surface area contributed by atoms with E-state index >= 15 is 0 Å². The number of piperidine rings is 2. The van der Waals surface area contributed by atoms with Gasteiger partial charge in [-0.3, -0.25) is 9.59 Å². The quantitative estimate of drug-likeness (QED) is 0.353. The molecule has 3 aromatic carbocycles. The topological polar surface area (TPSA) is 64.7 Å². The standard InChI is InChI=1S/C32H38N4O2/c37-31(33-14-20-35-16-3-1-4-17-35)23-10-11-24-25-8-7-9-26-28(13-12-27(30(25)26)29(24)22-23)32(38)34-15-21-36-18-5-2-6-19-36/h7-13,22H,1-6,14-21H2,(H,33,37)(H,34,38). The fourth-order valence-corrected chi connectivity index (χ4v) is 6.42. The molecule has 6 rings (SSSR count). The molecule has 0 unspecified atom stereocenters. The lowest BCUT2D eigenvalue weighted by Gasteiger charge is -2.26. The molecule has 2 aliphatic heterocycles. The molecule has 2 heterocycles. The Balaban J connectivity index is 1.17. The summed E-state index contributed by atoms with van der Waals surface area (Å²) in [4.78, 5) is 31.0. The van der Waals surface area contributed by atoms with Gasteiger partial charge in [-0.05, 0) is 103 Å². The van der Waals surface area contributed by atoms with E-state index in [1.54, 1.807) is 0 Å². The number of carbonyl (C=O) groups is 2. The molecule has 0 aromatic heterocycles. The van der Waals surface area contributed by atoms with Crippen LogP contribution in [0.5, 0.6) is 0 Å². The first-order chi connectivity index (χ1) is 18.7. The van der Waals surface area contributed by atoms with Crippen molar-refractivity contribution in [3.05, 3.63) is 59.7 Å². The third-order valence-corrected chi connectivity index (χ3v) is 8.47. The first-order valence-electron chi connectivity index (χ1n) is 14.4. The van der Waals surface area contributed by atoms with Crippen LogP contribution in [0.1, 0.15) is 59.2 Å². The Morgan fingerprint density at radius 2 is 1.24 bits per heavy atom. The molecular formula is C32H38N4O2. The molecule has 6 nitrogen and oxygen atoms in total. The minimum absolute atomic E-state index is 0.0181. The van der Waals surface area contributed by atoms with E-state index in [1.165, 1.54) is 38.5 Å². The number of hydrogen-bond donors (Lipinski definition) is 2. The Morgan fingerprint density at radius 1 is 0.632 bits per heavy atom. The Hall–Kier alpha value is -3.22. The van der Waals surface area contributed by atoms with Gasteiger partial charge >= 0.3 is 0 Å². The lowest BCUT2D eigenvalue weighted by Crippen LogP contribution is -2.37. The summed E-state index contributed by atoms with van der Waals surface area (Å²) in [5.41, 5.74) is 5.82. The van der Waals surface area contributed by atoms with Crippen LogP contribution in [0.3, 0.4) is 0 Å². The number of benzene rings is 3. The van der Waals surface area contributed by atoms with Gasteiger partial charge < -0.3 is 20.4 Å². The van der Waals surface area contributed by atoms with Crippen molar-refractivity contribution >= 4 is 22.6 Å². The molecule has 0 radical (unpaired) electrons. The van der Waals surface area contributed by atoms with Crippen molar-refractivity contribution in [2.45, 2.75) is 38.5 Å². The Morgan fingerprint density at radius 3 is 1.92 bits per heavy atom. The maximum atomic E-state index is 13.2. The summed E-state index contributed by atoms with van der Waals surface area (Å²) in [5, 5.41) is 8.34. The Bertz CT molecular complexity index is 1340. The first kappa shape index (κ1) is 25.1.